The predicted octanol–water partition coefficient (Wildman–Crippen LogP) is 3.99. The molecule has 1 amide bonds. The van der Waals surface area contributed by atoms with E-state index in [-0.39, 0.29) is 11.5 Å². The Hall–Kier alpha value is -4.23. The summed E-state index contributed by atoms with van der Waals surface area (Å²) in [6.07, 6.45) is 6.62. The average Bonchev–Trinajstić information content (AvgIpc) is 3.43. The van der Waals surface area contributed by atoms with E-state index in [1.165, 1.54) is 0 Å². The summed E-state index contributed by atoms with van der Waals surface area (Å²) in [5.41, 5.74) is 6.86. The van der Waals surface area contributed by atoms with E-state index in [0.717, 1.165) is 69.8 Å². The summed E-state index contributed by atoms with van der Waals surface area (Å²) < 4.78 is 7.58. The Labute approximate surface area is 221 Å². The second-order valence-corrected chi connectivity index (χ2v) is 10.0. The fraction of sp³-hybridized carbons (Fsp3) is 0.258. The van der Waals surface area contributed by atoms with Gasteiger partial charge in [-0.2, -0.15) is 0 Å². The summed E-state index contributed by atoms with van der Waals surface area (Å²) in [4.78, 5) is 33.2. The molecule has 0 atom stereocenters. The predicted molar refractivity (Wildman–Crippen MR) is 150 cm³/mol. The first-order chi connectivity index (χ1) is 18.5. The Morgan fingerprint density at radius 3 is 2.58 bits per heavy atom. The van der Waals surface area contributed by atoms with Gasteiger partial charge in [-0.05, 0) is 53.4 Å². The molecule has 1 fully saturated rings. The zero-order valence-corrected chi connectivity index (χ0v) is 21.7. The van der Waals surface area contributed by atoms with Crippen molar-refractivity contribution in [2.24, 2.45) is 7.05 Å². The van der Waals surface area contributed by atoms with Crippen LogP contribution >= 0.6 is 0 Å². The number of hydrogen-bond acceptors (Lipinski definition) is 5. The second-order valence-electron chi connectivity index (χ2n) is 10.0. The minimum atomic E-state index is 0.0575. The van der Waals surface area contributed by atoms with Crippen LogP contribution in [0.2, 0.25) is 0 Å². The molecule has 0 N–H and O–H groups in total. The van der Waals surface area contributed by atoms with Gasteiger partial charge in [0.15, 0.2) is 0 Å². The number of rotatable bonds is 6. The molecule has 4 aromatic rings. The van der Waals surface area contributed by atoms with Crippen LogP contribution in [0, 0.1) is 0 Å². The number of aromatic nitrogens is 2. The molecule has 0 radical (unpaired) electrons. The highest BCUT2D eigenvalue weighted by atomic mass is 16.5. The molecule has 192 valence electrons. The standard InChI is InChI=1S/C31H30N4O3/c1-33-14-15-35(20-30(33)36)16-17-38-24-10-6-21(7-11-24)22-8-12-28-23(18-22)9-13-29(32-28)27-19-34(2)31(37)26-5-3-4-25(26)27/h3-4,6-13,18-19H,5,14-17,20H2,1-2H3. The number of ether oxygens (including phenoxy) is 1. The number of aryl methyl sites for hydroxylation is 1. The molecule has 2 aromatic carbocycles. The second kappa shape index (κ2) is 9.91. The van der Waals surface area contributed by atoms with Crippen LogP contribution in [0.5, 0.6) is 5.75 Å². The summed E-state index contributed by atoms with van der Waals surface area (Å²) in [6.45, 7) is 3.39. The van der Waals surface area contributed by atoms with Gasteiger partial charge in [0.05, 0.1) is 17.8 Å². The monoisotopic (exact) mass is 506 g/mol. The minimum absolute atomic E-state index is 0.0575. The minimum Gasteiger partial charge on any atom is -0.492 e. The number of likely N-dealkylation sites (N-methyl/N-ethyl adjacent to an activating group) is 1. The highest BCUT2D eigenvalue weighted by molar-refractivity contribution is 5.87. The lowest BCUT2D eigenvalue weighted by atomic mass is 10.0. The molecule has 0 saturated carbocycles. The molecule has 7 heteroatoms. The number of allylic oxidation sites excluding steroid dienone is 1. The first-order valence-corrected chi connectivity index (χ1v) is 13.0. The van der Waals surface area contributed by atoms with Crippen LogP contribution in [0.15, 0.2) is 71.7 Å². The van der Waals surface area contributed by atoms with Crippen molar-refractivity contribution >= 4 is 22.9 Å². The fourth-order valence-electron chi connectivity index (χ4n) is 5.19. The van der Waals surface area contributed by atoms with E-state index in [0.29, 0.717) is 19.6 Å². The summed E-state index contributed by atoms with van der Waals surface area (Å²) in [5, 5.41) is 1.06. The molecule has 0 spiro atoms. The van der Waals surface area contributed by atoms with Gasteiger partial charge in [0, 0.05) is 56.4 Å². The lowest BCUT2D eigenvalue weighted by Crippen LogP contribution is -2.49. The van der Waals surface area contributed by atoms with Gasteiger partial charge in [-0.3, -0.25) is 14.5 Å². The van der Waals surface area contributed by atoms with Crippen molar-refractivity contribution in [1.82, 2.24) is 19.4 Å². The smallest absolute Gasteiger partial charge is 0.254 e. The number of amides is 1. The molecule has 0 bridgehead atoms. The molecule has 1 aliphatic heterocycles. The molecule has 1 saturated heterocycles. The number of nitrogens with zero attached hydrogens (tertiary/aromatic N) is 4. The van der Waals surface area contributed by atoms with Gasteiger partial charge in [-0.1, -0.05) is 36.4 Å². The van der Waals surface area contributed by atoms with E-state index < -0.39 is 0 Å². The maximum absolute atomic E-state index is 12.5. The Morgan fingerprint density at radius 1 is 0.947 bits per heavy atom. The van der Waals surface area contributed by atoms with Crippen molar-refractivity contribution in [1.29, 1.82) is 0 Å². The third-order valence-corrected chi connectivity index (χ3v) is 7.49. The Balaban J connectivity index is 1.16. The first kappa shape index (κ1) is 24.1. The largest absolute Gasteiger partial charge is 0.492 e. The highest BCUT2D eigenvalue weighted by Gasteiger charge is 2.20. The van der Waals surface area contributed by atoms with Crippen LogP contribution in [0.25, 0.3) is 39.4 Å². The molecule has 7 nitrogen and oxygen atoms in total. The molecular weight excluding hydrogens is 476 g/mol. The van der Waals surface area contributed by atoms with Crippen molar-refractivity contribution in [2.75, 3.05) is 39.8 Å². The number of hydrogen-bond donors (Lipinski definition) is 0. The van der Waals surface area contributed by atoms with Gasteiger partial charge in [0.2, 0.25) is 5.91 Å². The normalized spacial score (nSPS) is 15.3. The summed E-state index contributed by atoms with van der Waals surface area (Å²) in [7, 11) is 3.64. The molecule has 1 aliphatic carbocycles. The lowest BCUT2D eigenvalue weighted by Gasteiger charge is -2.31. The van der Waals surface area contributed by atoms with E-state index in [2.05, 4.69) is 35.2 Å². The van der Waals surface area contributed by atoms with Gasteiger partial charge >= 0.3 is 0 Å². The van der Waals surface area contributed by atoms with E-state index in [9.17, 15) is 9.59 Å². The van der Waals surface area contributed by atoms with Crippen molar-refractivity contribution < 1.29 is 9.53 Å². The zero-order valence-electron chi connectivity index (χ0n) is 21.7. The van der Waals surface area contributed by atoms with Gasteiger partial charge in [-0.15, -0.1) is 0 Å². The van der Waals surface area contributed by atoms with Crippen LogP contribution in [0.3, 0.4) is 0 Å². The maximum atomic E-state index is 12.5. The van der Waals surface area contributed by atoms with Crippen molar-refractivity contribution in [3.63, 3.8) is 0 Å². The highest BCUT2D eigenvalue weighted by Crippen LogP contribution is 2.31. The lowest BCUT2D eigenvalue weighted by molar-refractivity contribution is -0.134. The summed E-state index contributed by atoms with van der Waals surface area (Å²) in [5.74, 6) is 0.982. The molecule has 2 aromatic heterocycles. The number of fused-ring (bicyclic) bond motifs is 2. The van der Waals surface area contributed by atoms with Crippen molar-refractivity contribution in [3.05, 3.63) is 88.4 Å². The van der Waals surface area contributed by atoms with Gasteiger partial charge < -0.3 is 14.2 Å². The molecule has 38 heavy (non-hydrogen) atoms. The number of pyridine rings is 2. The molecule has 0 unspecified atom stereocenters. The average molecular weight is 507 g/mol. The first-order valence-electron chi connectivity index (χ1n) is 13.0. The van der Waals surface area contributed by atoms with Gasteiger partial charge in [-0.25, -0.2) is 4.98 Å². The van der Waals surface area contributed by atoms with Crippen LogP contribution in [-0.2, 0) is 18.3 Å². The quantitative estimate of drug-likeness (QED) is 0.396. The van der Waals surface area contributed by atoms with E-state index in [4.69, 9.17) is 9.72 Å². The number of carbonyl (C=O) groups excluding carboxylic acids is 1. The SMILES string of the molecule is CN1CCN(CCOc2ccc(-c3ccc4nc(-c5cn(C)c(=O)c6c5C=CC6)ccc4c3)cc2)CC1=O. The Kier molecular flexibility index (Phi) is 6.29. The van der Waals surface area contributed by atoms with Crippen molar-refractivity contribution in [2.45, 2.75) is 6.42 Å². The fourth-order valence-corrected chi connectivity index (χ4v) is 5.19. The van der Waals surface area contributed by atoms with Crippen LogP contribution in [-0.4, -0.2) is 65.1 Å². The maximum Gasteiger partial charge on any atom is 0.254 e. The van der Waals surface area contributed by atoms with Crippen molar-refractivity contribution in [3.8, 4) is 28.1 Å². The van der Waals surface area contributed by atoms with Crippen LogP contribution in [0.4, 0.5) is 0 Å². The number of piperazine rings is 1. The molecular formula is C31H30N4O3. The Bertz CT molecular complexity index is 1620. The van der Waals surface area contributed by atoms with Crippen LogP contribution < -0.4 is 10.3 Å². The summed E-state index contributed by atoms with van der Waals surface area (Å²) >= 11 is 0. The Morgan fingerprint density at radius 2 is 1.76 bits per heavy atom. The van der Waals surface area contributed by atoms with Crippen LogP contribution in [0.1, 0.15) is 11.1 Å². The number of carbonyl (C=O) groups is 1. The third-order valence-electron chi connectivity index (χ3n) is 7.49. The topological polar surface area (TPSA) is 67.7 Å². The van der Waals surface area contributed by atoms with Gasteiger partial charge in [0.1, 0.15) is 12.4 Å². The van der Waals surface area contributed by atoms with E-state index in [1.807, 2.05) is 49.7 Å². The summed E-state index contributed by atoms with van der Waals surface area (Å²) in [6, 6.07) is 18.5. The number of benzene rings is 2. The third kappa shape index (κ3) is 4.61. The van der Waals surface area contributed by atoms with E-state index >= 15 is 0 Å². The molecule has 6 rings (SSSR count). The zero-order chi connectivity index (χ0) is 26.2. The van der Waals surface area contributed by atoms with E-state index in [1.54, 1.807) is 16.5 Å². The van der Waals surface area contributed by atoms with Gasteiger partial charge in [0.25, 0.3) is 5.56 Å². The molecule has 3 heterocycles. The molecule has 2 aliphatic rings.